The van der Waals surface area contributed by atoms with Crippen molar-refractivity contribution in [1.82, 2.24) is 9.80 Å². The summed E-state index contributed by atoms with van der Waals surface area (Å²) in [5.41, 5.74) is -0.0978. The summed E-state index contributed by atoms with van der Waals surface area (Å²) in [5, 5.41) is 0. The van der Waals surface area contributed by atoms with Gasteiger partial charge in [0.05, 0.1) is 5.41 Å². The number of hydrogen-bond donors (Lipinski definition) is 0. The van der Waals surface area contributed by atoms with E-state index >= 15 is 0 Å². The molecule has 2 aliphatic rings. The average Bonchev–Trinajstić information content (AvgIpc) is 2.26. The minimum atomic E-state index is -0.0978. The van der Waals surface area contributed by atoms with E-state index in [1.807, 2.05) is 0 Å². The lowest BCUT2D eigenvalue weighted by Gasteiger charge is -2.48. The van der Waals surface area contributed by atoms with Gasteiger partial charge < -0.3 is 9.80 Å². The molecule has 0 N–H and O–H groups in total. The molecule has 17 heavy (non-hydrogen) atoms. The SMILES string of the molecule is CC(C)C1CCN(C(=O)C2(C)CN(C)C2)CC1. The lowest BCUT2D eigenvalue weighted by molar-refractivity contribution is -0.151. The molecule has 2 heterocycles. The van der Waals surface area contributed by atoms with Gasteiger partial charge in [-0.2, -0.15) is 0 Å². The van der Waals surface area contributed by atoms with E-state index in [2.05, 4.69) is 37.6 Å². The molecule has 3 heteroatoms. The summed E-state index contributed by atoms with van der Waals surface area (Å²) in [5.74, 6) is 1.96. The number of carbonyl (C=O) groups is 1. The molecule has 0 atom stereocenters. The van der Waals surface area contributed by atoms with Crippen molar-refractivity contribution in [1.29, 1.82) is 0 Å². The molecule has 2 aliphatic heterocycles. The van der Waals surface area contributed by atoms with Gasteiger partial charge in [-0.25, -0.2) is 0 Å². The highest BCUT2D eigenvalue weighted by atomic mass is 16.2. The van der Waals surface area contributed by atoms with Crippen LogP contribution in [0.1, 0.15) is 33.6 Å². The fourth-order valence-electron chi connectivity index (χ4n) is 3.43. The maximum atomic E-state index is 12.4. The van der Waals surface area contributed by atoms with Crippen LogP contribution in [0.25, 0.3) is 0 Å². The van der Waals surface area contributed by atoms with E-state index in [0.717, 1.165) is 38.0 Å². The fraction of sp³-hybridized carbons (Fsp3) is 0.929. The van der Waals surface area contributed by atoms with Gasteiger partial charge in [0, 0.05) is 26.2 Å². The molecule has 0 unspecified atom stereocenters. The molecule has 0 aromatic carbocycles. The van der Waals surface area contributed by atoms with Crippen LogP contribution in [0.3, 0.4) is 0 Å². The smallest absolute Gasteiger partial charge is 0.231 e. The summed E-state index contributed by atoms with van der Waals surface area (Å²) in [6.07, 6.45) is 2.38. The van der Waals surface area contributed by atoms with Crippen LogP contribution in [-0.2, 0) is 4.79 Å². The third-order valence-electron chi connectivity index (χ3n) is 4.52. The largest absolute Gasteiger partial charge is 0.342 e. The van der Waals surface area contributed by atoms with E-state index in [1.165, 1.54) is 12.8 Å². The first-order valence-corrected chi connectivity index (χ1v) is 6.90. The second-order valence-electron chi connectivity index (χ2n) is 6.61. The van der Waals surface area contributed by atoms with Gasteiger partial charge in [0.15, 0.2) is 0 Å². The molecule has 0 saturated carbocycles. The Kier molecular flexibility index (Phi) is 3.48. The third-order valence-corrected chi connectivity index (χ3v) is 4.52. The minimum absolute atomic E-state index is 0.0978. The minimum Gasteiger partial charge on any atom is -0.342 e. The molecular formula is C14H26N2O. The molecular weight excluding hydrogens is 212 g/mol. The van der Waals surface area contributed by atoms with Gasteiger partial charge in [-0.05, 0) is 38.6 Å². The Bertz CT molecular complexity index is 287. The van der Waals surface area contributed by atoms with Crippen molar-refractivity contribution in [2.24, 2.45) is 17.3 Å². The monoisotopic (exact) mass is 238 g/mol. The fourth-order valence-corrected chi connectivity index (χ4v) is 3.43. The Balaban J connectivity index is 1.87. The quantitative estimate of drug-likeness (QED) is 0.733. The zero-order valence-electron chi connectivity index (χ0n) is 11.7. The molecule has 0 radical (unpaired) electrons. The Morgan fingerprint density at radius 3 is 2.18 bits per heavy atom. The van der Waals surface area contributed by atoms with Crippen LogP contribution in [0.15, 0.2) is 0 Å². The van der Waals surface area contributed by atoms with Crippen LogP contribution in [0.2, 0.25) is 0 Å². The average molecular weight is 238 g/mol. The molecule has 3 nitrogen and oxygen atoms in total. The summed E-state index contributed by atoms with van der Waals surface area (Å²) >= 11 is 0. The van der Waals surface area contributed by atoms with Crippen molar-refractivity contribution in [3.63, 3.8) is 0 Å². The molecule has 2 fully saturated rings. The first-order chi connectivity index (χ1) is 7.92. The number of nitrogens with zero attached hydrogens (tertiary/aromatic N) is 2. The Morgan fingerprint density at radius 2 is 1.76 bits per heavy atom. The Hall–Kier alpha value is -0.570. The second-order valence-corrected chi connectivity index (χ2v) is 6.61. The number of carbonyl (C=O) groups excluding carboxylic acids is 1. The van der Waals surface area contributed by atoms with Gasteiger partial charge in [0.2, 0.25) is 5.91 Å². The highest BCUT2D eigenvalue weighted by Gasteiger charge is 2.45. The molecule has 2 rings (SSSR count). The summed E-state index contributed by atoms with van der Waals surface area (Å²) in [7, 11) is 2.08. The van der Waals surface area contributed by atoms with E-state index in [0.29, 0.717) is 5.91 Å². The van der Waals surface area contributed by atoms with Crippen molar-refractivity contribution < 1.29 is 4.79 Å². The Labute approximate surface area is 105 Å². The van der Waals surface area contributed by atoms with Crippen LogP contribution in [0.5, 0.6) is 0 Å². The number of piperidine rings is 1. The van der Waals surface area contributed by atoms with Crippen molar-refractivity contribution in [2.75, 3.05) is 33.2 Å². The van der Waals surface area contributed by atoms with Crippen molar-refractivity contribution >= 4 is 5.91 Å². The van der Waals surface area contributed by atoms with E-state index < -0.39 is 0 Å². The van der Waals surface area contributed by atoms with Crippen molar-refractivity contribution in [3.8, 4) is 0 Å². The summed E-state index contributed by atoms with van der Waals surface area (Å²) < 4.78 is 0. The van der Waals surface area contributed by atoms with Crippen LogP contribution in [0.4, 0.5) is 0 Å². The maximum Gasteiger partial charge on any atom is 0.231 e. The van der Waals surface area contributed by atoms with Crippen LogP contribution >= 0.6 is 0 Å². The number of rotatable bonds is 2. The third kappa shape index (κ3) is 2.49. The van der Waals surface area contributed by atoms with Crippen LogP contribution in [0, 0.1) is 17.3 Å². The van der Waals surface area contributed by atoms with Gasteiger partial charge >= 0.3 is 0 Å². The molecule has 2 saturated heterocycles. The van der Waals surface area contributed by atoms with E-state index in [1.54, 1.807) is 0 Å². The predicted molar refractivity (Wildman–Crippen MR) is 69.7 cm³/mol. The lowest BCUT2D eigenvalue weighted by Crippen LogP contribution is -2.61. The number of hydrogen-bond acceptors (Lipinski definition) is 2. The second kappa shape index (κ2) is 4.60. The van der Waals surface area contributed by atoms with Crippen LogP contribution < -0.4 is 0 Å². The predicted octanol–water partition coefficient (Wildman–Crippen LogP) is 1.83. The first-order valence-electron chi connectivity index (χ1n) is 6.90. The normalized spacial score (nSPS) is 26.1. The number of likely N-dealkylation sites (tertiary alicyclic amines) is 2. The molecule has 0 bridgehead atoms. The highest BCUT2D eigenvalue weighted by Crippen LogP contribution is 2.33. The topological polar surface area (TPSA) is 23.6 Å². The summed E-state index contributed by atoms with van der Waals surface area (Å²) in [6.45, 7) is 10.5. The molecule has 0 aromatic rings. The molecule has 0 aromatic heterocycles. The standard InChI is InChI=1S/C14H26N2O/c1-11(2)12-5-7-16(8-6-12)13(17)14(3)9-15(4)10-14/h11-12H,5-10H2,1-4H3. The molecule has 1 amide bonds. The van der Waals surface area contributed by atoms with Gasteiger partial charge in [-0.15, -0.1) is 0 Å². The summed E-state index contributed by atoms with van der Waals surface area (Å²) in [4.78, 5) is 16.7. The lowest BCUT2D eigenvalue weighted by atomic mass is 9.79. The van der Waals surface area contributed by atoms with E-state index in [4.69, 9.17) is 0 Å². The molecule has 98 valence electrons. The summed E-state index contributed by atoms with van der Waals surface area (Å²) in [6, 6.07) is 0. The van der Waals surface area contributed by atoms with Gasteiger partial charge in [-0.3, -0.25) is 4.79 Å². The van der Waals surface area contributed by atoms with E-state index in [-0.39, 0.29) is 5.41 Å². The highest BCUT2D eigenvalue weighted by molar-refractivity contribution is 5.84. The zero-order valence-corrected chi connectivity index (χ0v) is 11.7. The Morgan fingerprint density at radius 1 is 1.24 bits per heavy atom. The zero-order chi connectivity index (χ0) is 12.6. The van der Waals surface area contributed by atoms with Crippen molar-refractivity contribution in [3.05, 3.63) is 0 Å². The molecule has 0 aliphatic carbocycles. The van der Waals surface area contributed by atoms with Gasteiger partial charge in [0.1, 0.15) is 0 Å². The molecule has 0 spiro atoms. The number of amides is 1. The maximum absolute atomic E-state index is 12.4. The van der Waals surface area contributed by atoms with E-state index in [9.17, 15) is 4.79 Å². The van der Waals surface area contributed by atoms with Crippen LogP contribution in [-0.4, -0.2) is 48.9 Å². The first kappa shape index (κ1) is 12.9. The van der Waals surface area contributed by atoms with Gasteiger partial charge in [-0.1, -0.05) is 13.8 Å². The van der Waals surface area contributed by atoms with Gasteiger partial charge in [0.25, 0.3) is 0 Å². The van der Waals surface area contributed by atoms with Crippen molar-refractivity contribution in [2.45, 2.75) is 33.6 Å².